The Balaban J connectivity index is 2.28. The molecule has 0 aliphatic rings. The predicted octanol–water partition coefficient (Wildman–Crippen LogP) is 2.67. The number of nitrogens with one attached hydrogen (secondary N) is 1. The Hall–Kier alpha value is -2.54. The SMILES string of the molecule is CCOc1cccc(NS(=O)(=O)c2cccc(C(=O)OC)c2)c1. The standard InChI is InChI=1S/C16H17NO5S/c1-3-22-14-8-5-7-13(11-14)17-23(19,20)15-9-4-6-12(10-15)16(18)21-2/h4-11,17H,3H2,1-2H3. The molecule has 0 saturated carbocycles. The topological polar surface area (TPSA) is 81.7 Å². The first-order valence-electron chi connectivity index (χ1n) is 6.90. The molecule has 122 valence electrons. The van der Waals surface area contributed by atoms with Crippen LogP contribution in [0.25, 0.3) is 0 Å². The van der Waals surface area contributed by atoms with Crippen LogP contribution >= 0.6 is 0 Å². The zero-order chi connectivity index (χ0) is 16.9. The molecule has 0 fully saturated rings. The predicted molar refractivity (Wildman–Crippen MR) is 86.2 cm³/mol. The van der Waals surface area contributed by atoms with E-state index in [2.05, 4.69) is 9.46 Å². The van der Waals surface area contributed by atoms with Crippen LogP contribution in [0.1, 0.15) is 17.3 Å². The monoisotopic (exact) mass is 335 g/mol. The van der Waals surface area contributed by atoms with Gasteiger partial charge < -0.3 is 9.47 Å². The Bertz CT molecular complexity index is 802. The summed E-state index contributed by atoms with van der Waals surface area (Å²) in [6, 6.07) is 12.3. The molecule has 0 aliphatic heterocycles. The fourth-order valence-electron chi connectivity index (χ4n) is 1.94. The van der Waals surface area contributed by atoms with E-state index in [1.54, 1.807) is 24.3 Å². The van der Waals surface area contributed by atoms with Crippen molar-refractivity contribution in [2.24, 2.45) is 0 Å². The molecule has 2 rings (SSSR count). The summed E-state index contributed by atoms with van der Waals surface area (Å²) in [4.78, 5) is 11.5. The molecule has 23 heavy (non-hydrogen) atoms. The molecule has 0 bridgehead atoms. The van der Waals surface area contributed by atoms with Gasteiger partial charge in [-0.2, -0.15) is 0 Å². The van der Waals surface area contributed by atoms with Crippen molar-refractivity contribution in [3.8, 4) is 5.75 Å². The van der Waals surface area contributed by atoms with Crippen LogP contribution in [0.4, 0.5) is 5.69 Å². The Morgan fingerprint density at radius 1 is 1.13 bits per heavy atom. The second kappa shape index (κ2) is 7.15. The molecule has 0 aliphatic carbocycles. The Morgan fingerprint density at radius 3 is 2.57 bits per heavy atom. The van der Waals surface area contributed by atoms with Gasteiger partial charge in [-0.25, -0.2) is 13.2 Å². The summed E-state index contributed by atoms with van der Waals surface area (Å²) in [6.45, 7) is 2.33. The number of methoxy groups -OCH3 is 1. The molecular formula is C16H17NO5S. The molecule has 0 aromatic heterocycles. The van der Waals surface area contributed by atoms with Crippen molar-refractivity contribution < 1.29 is 22.7 Å². The normalized spacial score (nSPS) is 10.9. The average Bonchev–Trinajstić information content (AvgIpc) is 2.54. The van der Waals surface area contributed by atoms with E-state index in [0.717, 1.165) is 0 Å². The third-order valence-corrected chi connectivity index (χ3v) is 4.34. The number of carbonyl (C=O) groups is 1. The van der Waals surface area contributed by atoms with Crippen molar-refractivity contribution >= 4 is 21.7 Å². The molecule has 2 aromatic carbocycles. The third kappa shape index (κ3) is 4.23. The van der Waals surface area contributed by atoms with Gasteiger partial charge in [0.1, 0.15) is 5.75 Å². The first-order valence-corrected chi connectivity index (χ1v) is 8.38. The summed E-state index contributed by atoms with van der Waals surface area (Å²) in [5.74, 6) is -0.0311. The van der Waals surface area contributed by atoms with E-state index in [9.17, 15) is 13.2 Å². The second-order valence-electron chi connectivity index (χ2n) is 4.59. The van der Waals surface area contributed by atoms with Crippen LogP contribution < -0.4 is 9.46 Å². The largest absolute Gasteiger partial charge is 0.494 e. The number of esters is 1. The maximum atomic E-state index is 12.4. The minimum Gasteiger partial charge on any atom is -0.494 e. The number of benzene rings is 2. The van der Waals surface area contributed by atoms with Gasteiger partial charge in [0.05, 0.1) is 29.9 Å². The van der Waals surface area contributed by atoms with Crippen LogP contribution in [0.2, 0.25) is 0 Å². The Labute approximate surface area is 135 Å². The first kappa shape index (κ1) is 16.8. The van der Waals surface area contributed by atoms with Crippen LogP contribution in [-0.4, -0.2) is 28.1 Å². The number of hydrogen-bond acceptors (Lipinski definition) is 5. The molecule has 1 N–H and O–H groups in total. The number of ether oxygens (including phenoxy) is 2. The summed E-state index contributed by atoms with van der Waals surface area (Å²) in [6.07, 6.45) is 0. The van der Waals surface area contributed by atoms with Crippen LogP contribution in [-0.2, 0) is 14.8 Å². The van der Waals surface area contributed by atoms with Gasteiger partial charge in [0.15, 0.2) is 0 Å². The van der Waals surface area contributed by atoms with Crippen molar-refractivity contribution in [3.63, 3.8) is 0 Å². The zero-order valence-electron chi connectivity index (χ0n) is 12.8. The molecule has 6 nitrogen and oxygen atoms in total. The molecule has 0 amide bonds. The highest BCUT2D eigenvalue weighted by Gasteiger charge is 2.17. The highest BCUT2D eigenvalue weighted by molar-refractivity contribution is 7.92. The molecular weight excluding hydrogens is 318 g/mol. The molecule has 0 radical (unpaired) electrons. The van der Waals surface area contributed by atoms with E-state index in [-0.39, 0.29) is 10.5 Å². The first-order chi connectivity index (χ1) is 11.0. The van der Waals surface area contributed by atoms with Gasteiger partial charge >= 0.3 is 5.97 Å². The Kier molecular flexibility index (Phi) is 5.23. The zero-order valence-corrected chi connectivity index (χ0v) is 13.6. The van der Waals surface area contributed by atoms with Gasteiger partial charge in [0.25, 0.3) is 10.0 Å². The number of carbonyl (C=O) groups excluding carboxylic acids is 1. The van der Waals surface area contributed by atoms with Gasteiger partial charge in [-0.3, -0.25) is 4.72 Å². The van der Waals surface area contributed by atoms with Crippen molar-refractivity contribution in [2.75, 3.05) is 18.4 Å². The van der Waals surface area contributed by atoms with Crippen LogP contribution in [0.3, 0.4) is 0 Å². The minimum atomic E-state index is -3.82. The van der Waals surface area contributed by atoms with Gasteiger partial charge in [0, 0.05) is 6.07 Å². The van der Waals surface area contributed by atoms with E-state index in [4.69, 9.17) is 4.74 Å². The average molecular weight is 335 g/mol. The molecule has 2 aromatic rings. The van der Waals surface area contributed by atoms with Crippen molar-refractivity contribution in [2.45, 2.75) is 11.8 Å². The lowest BCUT2D eigenvalue weighted by Gasteiger charge is -2.10. The fraction of sp³-hybridized carbons (Fsp3) is 0.188. The van der Waals surface area contributed by atoms with E-state index in [0.29, 0.717) is 18.0 Å². The van der Waals surface area contributed by atoms with E-state index in [1.807, 2.05) is 6.92 Å². The van der Waals surface area contributed by atoms with Gasteiger partial charge in [-0.1, -0.05) is 12.1 Å². The quantitative estimate of drug-likeness (QED) is 0.821. The molecule has 0 unspecified atom stereocenters. The van der Waals surface area contributed by atoms with E-state index in [1.165, 1.54) is 31.4 Å². The smallest absolute Gasteiger partial charge is 0.337 e. The number of rotatable bonds is 6. The van der Waals surface area contributed by atoms with Crippen molar-refractivity contribution in [1.29, 1.82) is 0 Å². The number of hydrogen-bond donors (Lipinski definition) is 1. The second-order valence-corrected chi connectivity index (χ2v) is 6.27. The van der Waals surface area contributed by atoms with E-state index < -0.39 is 16.0 Å². The minimum absolute atomic E-state index is 0.0257. The van der Waals surface area contributed by atoms with Gasteiger partial charge in [-0.05, 0) is 37.3 Å². The molecule has 0 saturated heterocycles. The van der Waals surface area contributed by atoms with Crippen LogP contribution in [0.15, 0.2) is 53.4 Å². The lowest BCUT2D eigenvalue weighted by molar-refractivity contribution is 0.0600. The summed E-state index contributed by atoms with van der Waals surface area (Å²) in [5, 5.41) is 0. The summed E-state index contributed by atoms with van der Waals surface area (Å²) in [7, 11) is -2.59. The lowest BCUT2D eigenvalue weighted by Crippen LogP contribution is -2.14. The highest BCUT2D eigenvalue weighted by atomic mass is 32.2. The molecule has 0 atom stereocenters. The third-order valence-electron chi connectivity index (χ3n) is 2.96. The maximum Gasteiger partial charge on any atom is 0.337 e. The Morgan fingerprint density at radius 2 is 1.87 bits per heavy atom. The number of sulfonamides is 1. The lowest BCUT2D eigenvalue weighted by atomic mass is 10.2. The summed E-state index contributed by atoms with van der Waals surface area (Å²) >= 11 is 0. The van der Waals surface area contributed by atoms with Crippen LogP contribution in [0, 0.1) is 0 Å². The van der Waals surface area contributed by atoms with Crippen LogP contribution in [0.5, 0.6) is 5.75 Å². The fourth-order valence-corrected chi connectivity index (χ4v) is 3.03. The van der Waals surface area contributed by atoms with E-state index >= 15 is 0 Å². The number of anilines is 1. The summed E-state index contributed by atoms with van der Waals surface area (Å²) in [5.41, 5.74) is 0.540. The summed E-state index contributed by atoms with van der Waals surface area (Å²) < 4.78 is 37.2. The highest BCUT2D eigenvalue weighted by Crippen LogP contribution is 2.21. The molecule has 0 spiro atoms. The van der Waals surface area contributed by atoms with Crippen molar-refractivity contribution in [3.05, 3.63) is 54.1 Å². The van der Waals surface area contributed by atoms with Crippen molar-refractivity contribution in [1.82, 2.24) is 0 Å². The molecule has 7 heteroatoms. The van der Waals surface area contributed by atoms with Gasteiger partial charge in [-0.15, -0.1) is 0 Å². The molecule has 0 heterocycles. The van der Waals surface area contributed by atoms with Gasteiger partial charge in [0.2, 0.25) is 0 Å². The maximum absolute atomic E-state index is 12.4.